The van der Waals surface area contributed by atoms with Crippen LogP contribution in [0.15, 0.2) is 0 Å². The summed E-state index contributed by atoms with van der Waals surface area (Å²) in [6.45, 7) is 2.69. The molecule has 0 aliphatic carbocycles. The van der Waals surface area contributed by atoms with E-state index in [9.17, 15) is 0 Å². The van der Waals surface area contributed by atoms with Crippen LogP contribution in [-0.4, -0.2) is 62.0 Å². The van der Waals surface area contributed by atoms with Crippen LogP contribution in [0.4, 0.5) is 0 Å². The Bertz CT molecular complexity index is 168. The van der Waals surface area contributed by atoms with Crippen molar-refractivity contribution in [2.24, 2.45) is 0 Å². The third kappa shape index (κ3) is 4.90. The minimum absolute atomic E-state index is 0.0809. The molecule has 0 spiro atoms. The summed E-state index contributed by atoms with van der Waals surface area (Å²) < 4.78 is 21.7. The van der Waals surface area contributed by atoms with Crippen LogP contribution in [0.3, 0.4) is 0 Å². The minimum atomic E-state index is -2.46. The molecule has 0 rings (SSSR count). The van der Waals surface area contributed by atoms with Crippen LogP contribution in [0.25, 0.3) is 0 Å². The third-order valence-electron chi connectivity index (χ3n) is 2.57. The molecule has 0 fully saturated rings. The maximum atomic E-state index is 5.61. The average Bonchev–Trinajstić information content (AvgIpc) is 2.29. The Labute approximate surface area is 100.0 Å². The van der Waals surface area contributed by atoms with Crippen molar-refractivity contribution in [3.05, 3.63) is 0 Å². The molecule has 0 saturated carbocycles. The quantitative estimate of drug-likeness (QED) is 0.454. The van der Waals surface area contributed by atoms with Gasteiger partial charge in [-0.1, -0.05) is 0 Å². The Balaban J connectivity index is 4.25. The smallest absolute Gasteiger partial charge is 0.377 e. The van der Waals surface area contributed by atoms with Crippen molar-refractivity contribution < 1.29 is 18.0 Å². The van der Waals surface area contributed by atoms with Crippen molar-refractivity contribution in [1.82, 2.24) is 4.90 Å². The van der Waals surface area contributed by atoms with Crippen LogP contribution in [-0.2, 0) is 18.0 Å². The van der Waals surface area contributed by atoms with Gasteiger partial charge in [-0.2, -0.15) is 0 Å². The molecule has 16 heavy (non-hydrogen) atoms. The van der Waals surface area contributed by atoms with E-state index >= 15 is 0 Å². The monoisotopic (exact) mass is 251 g/mol. The lowest BCUT2D eigenvalue weighted by Crippen LogP contribution is -2.44. The van der Waals surface area contributed by atoms with Crippen LogP contribution >= 0.6 is 0 Å². The predicted molar refractivity (Wildman–Crippen MR) is 65.3 cm³/mol. The first-order valence-corrected chi connectivity index (χ1v) is 7.41. The fourth-order valence-electron chi connectivity index (χ4n) is 1.54. The van der Waals surface area contributed by atoms with Crippen molar-refractivity contribution in [2.45, 2.75) is 25.6 Å². The zero-order chi connectivity index (χ0) is 12.6. The van der Waals surface area contributed by atoms with Crippen molar-refractivity contribution in [1.29, 1.82) is 0 Å². The van der Waals surface area contributed by atoms with E-state index < -0.39 is 8.80 Å². The second-order valence-electron chi connectivity index (χ2n) is 3.71. The van der Waals surface area contributed by atoms with Gasteiger partial charge in [0, 0.05) is 34.0 Å². The van der Waals surface area contributed by atoms with E-state index in [4.69, 9.17) is 18.0 Å². The van der Waals surface area contributed by atoms with Gasteiger partial charge in [-0.05, 0) is 27.4 Å². The SMILES string of the molecule is CCOC(CC[Si](OC)(OC)OC)N(C)C. The molecule has 5 nitrogen and oxygen atoms in total. The Morgan fingerprint density at radius 1 is 1.06 bits per heavy atom. The molecule has 0 aromatic rings. The van der Waals surface area contributed by atoms with Gasteiger partial charge in [0.1, 0.15) is 6.23 Å². The summed E-state index contributed by atoms with van der Waals surface area (Å²) >= 11 is 0. The molecular formula is C10H25NO4Si. The molecule has 1 atom stereocenters. The van der Waals surface area contributed by atoms with E-state index in [-0.39, 0.29) is 6.23 Å². The number of rotatable bonds is 9. The molecule has 0 saturated heterocycles. The molecule has 0 aromatic carbocycles. The van der Waals surface area contributed by atoms with Crippen LogP contribution in [0.2, 0.25) is 6.04 Å². The highest BCUT2D eigenvalue weighted by atomic mass is 28.4. The zero-order valence-corrected chi connectivity index (χ0v) is 12.3. The topological polar surface area (TPSA) is 40.2 Å². The van der Waals surface area contributed by atoms with E-state index in [1.165, 1.54) is 0 Å². The van der Waals surface area contributed by atoms with Crippen LogP contribution in [0.1, 0.15) is 13.3 Å². The van der Waals surface area contributed by atoms with Crippen molar-refractivity contribution in [3.63, 3.8) is 0 Å². The first-order valence-electron chi connectivity index (χ1n) is 5.48. The van der Waals surface area contributed by atoms with Crippen LogP contribution < -0.4 is 0 Å². The maximum Gasteiger partial charge on any atom is 0.500 e. The molecule has 0 radical (unpaired) electrons. The molecule has 0 amide bonds. The summed E-state index contributed by atoms with van der Waals surface area (Å²) in [7, 11) is 6.42. The van der Waals surface area contributed by atoms with Gasteiger partial charge in [-0.15, -0.1) is 0 Å². The summed E-state index contributed by atoms with van der Waals surface area (Å²) in [6, 6.07) is 0.749. The minimum Gasteiger partial charge on any atom is -0.377 e. The number of hydrogen-bond donors (Lipinski definition) is 0. The van der Waals surface area contributed by atoms with Crippen molar-refractivity contribution in [3.8, 4) is 0 Å². The number of nitrogens with zero attached hydrogens (tertiary/aromatic N) is 1. The fourth-order valence-corrected chi connectivity index (χ4v) is 3.25. The van der Waals surface area contributed by atoms with E-state index in [1.54, 1.807) is 21.3 Å². The summed E-state index contributed by atoms with van der Waals surface area (Å²) in [6.07, 6.45) is 0.917. The standard InChI is InChI=1S/C10H25NO4Si/c1-7-15-10(11(2)3)8-9-16(12-4,13-5)14-6/h10H,7-9H2,1-6H3. The zero-order valence-electron chi connectivity index (χ0n) is 11.3. The van der Waals surface area contributed by atoms with Crippen LogP contribution in [0.5, 0.6) is 0 Å². The van der Waals surface area contributed by atoms with Gasteiger partial charge in [-0.3, -0.25) is 4.90 Å². The van der Waals surface area contributed by atoms with Gasteiger partial charge in [-0.25, -0.2) is 0 Å². The first-order chi connectivity index (χ1) is 7.55. The highest BCUT2D eigenvalue weighted by molar-refractivity contribution is 6.60. The Morgan fingerprint density at radius 2 is 1.56 bits per heavy atom. The Morgan fingerprint density at radius 3 is 1.88 bits per heavy atom. The highest BCUT2D eigenvalue weighted by Crippen LogP contribution is 2.18. The van der Waals surface area contributed by atoms with E-state index in [0.29, 0.717) is 6.61 Å². The molecule has 6 heteroatoms. The normalized spacial score (nSPS) is 14.4. The van der Waals surface area contributed by atoms with E-state index in [2.05, 4.69) is 0 Å². The second-order valence-corrected chi connectivity index (χ2v) is 6.80. The first kappa shape index (κ1) is 16.0. The summed E-state index contributed by atoms with van der Waals surface area (Å²) in [5.41, 5.74) is 0. The second kappa shape index (κ2) is 8.16. The molecule has 0 heterocycles. The molecule has 0 bridgehead atoms. The van der Waals surface area contributed by atoms with Gasteiger partial charge in [0.25, 0.3) is 0 Å². The molecular weight excluding hydrogens is 226 g/mol. The molecule has 0 aliphatic heterocycles. The third-order valence-corrected chi connectivity index (χ3v) is 5.33. The van der Waals surface area contributed by atoms with Gasteiger partial charge < -0.3 is 18.0 Å². The lowest BCUT2D eigenvalue weighted by molar-refractivity contribution is -0.0347. The number of ether oxygens (including phenoxy) is 1. The average molecular weight is 251 g/mol. The highest BCUT2D eigenvalue weighted by Gasteiger charge is 2.38. The van der Waals surface area contributed by atoms with Crippen LogP contribution in [0, 0.1) is 0 Å². The molecule has 0 aliphatic rings. The number of hydrogen-bond acceptors (Lipinski definition) is 5. The largest absolute Gasteiger partial charge is 0.500 e. The molecule has 98 valence electrons. The lowest BCUT2D eigenvalue weighted by Gasteiger charge is -2.29. The fraction of sp³-hybridized carbons (Fsp3) is 1.00. The van der Waals surface area contributed by atoms with E-state index in [1.807, 2.05) is 25.9 Å². The summed E-state index contributed by atoms with van der Waals surface area (Å²) in [5.74, 6) is 0. The summed E-state index contributed by atoms with van der Waals surface area (Å²) in [5, 5.41) is 0. The molecule has 0 N–H and O–H groups in total. The van der Waals surface area contributed by atoms with Gasteiger partial charge in [0.15, 0.2) is 0 Å². The van der Waals surface area contributed by atoms with Gasteiger partial charge >= 0.3 is 8.80 Å². The van der Waals surface area contributed by atoms with Crippen molar-refractivity contribution in [2.75, 3.05) is 42.0 Å². The van der Waals surface area contributed by atoms with Gasteiger partial charge in [0.2, 0.25) is 0 Å². The Hall–Kier alpha value is 0.0169. The lowest BCUT2D eigenvalue weighted by atomic mass is 10.4. The summed E-state index contributed by atoms with van der Waals surface area (Å²) in [4.78, 5) is 2.05. The van der Waals surface area contributed by atoms with Crippen molar-refractivity contribution >= 4 is 8.80 Å². The Kier molecular flexibility index (Phi) is 8.17. The predicted octanol–water partition coefficient (Wildman–Crippen LogP) is 1.18. The molecule has 0 aromatic heterocycles. The van der Waals surface area contributed by atoms with E-state index in [0.717, 1.165) is 12.5 Å². The maximum absolute atomic E-state index is 5.61. The molecule has 1 unspecified atom stereocenters. The van der Waals surface area contributed by atoms with Gasteiger partial charge in [0.05, 0.1) is 0 Å².